The van der Waals surface area contributed by atoms with E-state index in [0.717, 1.165) is 27.5 Å². The summed E-state index contributed by atoms with van der Waals surface area (Å²) in [6.45, 7) is 4.05. The first-order valence-electron chi connectivity index (χ1n) is 8.32. The van der Waals surface area contributed by atoms with Crippen molar-refractivity contribution >= 4 is 45.4 Å². The molecular weight excluding hydrogens is 365 g/mol. The number of hydrogen-bond acceptors (Lipinski definition) is 5. The van der Waals surface area contributed by atoms with E-state index in [2.05, 4.69) is 25.5 Å². The number of amides is 1. The number of carbonyl (C=O) groups is 1. The quantitative estimate of drug-likeness (QED) is 0.522. The van der Waals surface area contributed by atoms with Gasteiger partial charge in [0.2, 0.25) is 11.1 Å². The Morgan fingerprint density at radius 1 is 1.19 bits per heavy atom. The summed E-state index contributed by atoms with van der Waals surface area (Å²) in [5, 5.41) is 12.5. The maximum atomic E-state index is 13.2. The monoisotopic (exact) mass is 381 g/mol. The van der Waals surface area contributed by atoms with Crippen molar-refractivity contribution in [1.29, 1.82) is 0 Å². The number of aromatic nitrogens is 4. The molecule has 0 spiro atoms. The van der Waals surface area contributed by atoms with Crippen molar-refractivity contribution in [2.24, 2.45) is 0 Å². The third kappa shape index (κ3) is 3.48. The third-order valence-electron chi connectivity index (χ3n) is 4.21. The Hall–Kier alpha value is -3.00. The third-order valence-corrected chi connectivity index (χ3v) is 5.05. The number of nitrogens with one attached hydrogen (secondary N) is 2. The first-order chi connectivity index (χ1) is 13.0. The Labute approximate surface area is 158 Å². The summed E-state index contributed by atoms with van der Waals surface area (Å²) < 4.78 is 13.2. The SMILES string of the molecule is Cc1ccc(C)c2c1[nH]c1nc(SCC(=O)Nc3cccc(F)c3)nnc12. The van der Waals surface area contributed by atoms with Crippen LogP contribution in [0.3, 0.4) is 0 Å². The molecule has 0 aliphatic rings. The maximum Gasteiger partial charge on any atom is 0.234 e. The van der Waals surface area contributed by atoms with E-state index in [1.165, 1.54) is 23.9 Å². The standard InChI is InChI=1S/C19H16FN5OS/c1-10-6-7-11(2)16-15(10)17-18(22-16)23-19(25-24-17)27-9-14(26)21-13-5-3-4-12(20)8-13/h3-8H,9H2,1-2H3,(H,21,26)(H,22,23,25). The number of thioether (sulfide) groups is 1. The van der Waals surface area contributed by atoms with Crippen LogP contribution in [0, 0.1) is 19.7 Å². The maximum absolute atomic E-state index is 13.2. The van der Waals surface area contributed by atoms with E-state index < -0.39 is 5.82 Å². The molecule has 0 atom stereocenters. The average molecular weight is 381 g/mol. The smallest absolute Gasteiger partial charge is 0.234 e. The molecular formula is C19H16FN5OS. The molecule has 2 aromatic heterocycles. The van der Waals surface area contributed by atoms with Gasteiger partial charge in [0.05, 0.1) is 11.3 Å². The highest BCUT2D eigenvalue weighted by Crippen LogP contribution is 2.28. The molecule has 2 aromatic carbocycles. The first-order valence-corrected chi connectivity index (χ1v) is 9.30. The molecule has 0 bridgehead atoms. The predicted octanol–water partition coefficient (Wildman–Crippen LogP) is 3.99. The number of carbonyl (C=O) groups excluding carboxylic acids is 1. The van der Waals surface area contributed by atoms with Crippen LogP contribution < -0.4 is 5.32 Å². The first kappa shape index (κ1) is 17.4. The number of H-pyrrole nitrogens is 1. The van der Waals surface area contributed by atoms with Crippen molar-refractivity contribution in [2.75, 3.05) is 11.1 Å². The van der Waals surface area contributed by atoms with Crippen LogP contribution in [-0.4, -0.2) is 31.8 Å². The number of benzene rings is 2. The summed E-state index contributed by atoms with van der Waals surface area (Å²) in [5.41, 5.74) is 4.99. The summed E-state index contributed by atoms with van der Waals surface area (Å²) in [6.07, 6.45) is 0. The summed E-state index contributed by atoms with van der Waals surface area (Å²) in [7, 11) is 0. The number of rotatable bonds is 4. The van der Waals surface area contributed by atoms with Crippen LogP contribution in [0.25, 0.3) is 22.1 Å². The zero-order valence-corrected chi connectivity index (χ0v) is 15.5. The lowest BCUT2D eigenvalue weighted by Gasteiger charge is -2.04. The normalized spacial score (nSPS) is 11.2. The van der Waals surface area contributed by atoms with Crippen LogP contribution in [-0.2, 0) is 4.79 Å². The van der Waals surface area contributed by atoms with Crippen LogP contribution in [0.15, 0.2) is 41.6 Å². The molecule has 0 unspecified atom stereocenters. The molecule has 2 N–H and O–H groups in total. The molecule has 0 fully saturated rings. The van der Waals surface area contributed by atoms with Gasteiger partial charge in [-0.1, -0.05) is 30.0 Å². The molecule has 2 heterocycles. The number of halogens is 1. The van der Waals surface area contributed by atoms with E-state index >= 15 is 0 Å². The Morgan fingerprint density at radius 2 is 2.00 bits per heavy atom. The van der Waals surface area contributed by atoms with Gasteiger partial charge in [-0.15, -0.1) is 10.2 Å². The average Bonchev–Trinajstić information content (AvgIpc) is 3.03. The van der Waals surface area contributed by atoms with E-state index in [9.17, 15) is 9.18 Å². The Morgan fingerprint density at radius 3 is 2.81 bits per heavy atom. The van der Waals surface area contributed by atoms with E-state index in [-0.39, 0.29) is 11.7 Å². The highest BCUT2D eigenvalue weighted by Gasteiger charge is 2.14. The largest absolute Gasteiger partial charge is 0.337 e. The second kappa shape index (κ2) is 6.96. The van der Waals surface area contributed by atoms with Gasteiger partial charge >= 0.3 is 0 Å². The van der Waals surface area contributed by atoms with Gasteiger partial charge in [0.1, 0.15) is 11.3 Å². The van der Waals surface area contributed by atoms with Gasteiger partial charge < -0.3 is 10.3 Å². The molecule has 4 rings (SSSR count). The molecule has 27 heavy (non-hydrogen) atoms. The minimum atomic E-state index is -0.400. The van der Waals surface area contributed by atoms with Gasteiger partial charge in [0.15, 0.2) is 5.65 Å². The van der Waals surface area contributed by atoms with Crippen molar-refractivity contribution in [2.45, 2.75) is 19.0 Å². The minimum Gasteiger partial charge on any atom is -0.337 e. The van der Waals surface area contributed by atoms with Crippen LogP contribution in [0.1, 0.15) is 11.1 Å². The number of fused-ring (bicyclic) bond motifs is 3. The van der Waals surface area contributed by atoms with Crippen LogP contribution >= 0.6 is 11.8 Å². The van der Waals surface area contributed by atoms with E-state index in [1.807, 2.05) is 26.0 Å². The Bertz CT molecular complexity index is 1170. The van der Waals surface area contributed by atoms with Gasteiger partial charge in [0.25, 0.3) is 0 Å². The highest BCUT2D eigenvalue weighted by atomic mass is 32.2. The van der Waals surface area contributed by atoms with Gasteiger partial charge in [-0.05, 0) is 43.2 Å². The van der Waals surface area contributed by atoms with E-state index in [0.29, 0.717) is 16.5 Å². The van der Waals surface area contributed by atoms with Crippen LogP contribution in [0.4, 0.5) is 10.1 Å². The fourth-order valence-corrected chi connectivity index (χ4v) is 3.50. The van der Waals surface area contributed by atoms with Crippen molar-refractivity contribution in [3.8, 4) is 0 Å². The molecule has 0 aliphatic carbocycles. The second-order valence-electron chi connectivity index (χ2n) is 6.21. The zero-order chi connectivity index (χ0) is 19.0. The number of aryl methyl sites for hydroxylation is 2. The minimum absolute atomic E-state index is 0.0992. The lowest BCUT2D eigenvalue weighted by Crippen LogP contribution is -2.14. The van der Waals surface area contributed by atoms with Crippen LogP contribution in [0.5, 0.6) is 0 Å². The molecule has 0 aliphatic heterocycles. The predicted molar refractivity (Wildman–Crippen MR) is 104 cm³/mol. The number of aromatic amines is 1. The summed E-state index contributed by atoms with van der Waals surface area (Å²) in [5.74, 6) is -0.567. The van der Waals surface area contributed by atoms with Crippen molar-refractivity contribution < 1.29 is 9.18 Å². The molecule has 6 nitrogen and oxygen atoms in total. The summed E-state index contributed by atoms with van der Waals surface area (Å²) in [6, 6.07) is 9.85. The van der Waals surface area contributed by atoms with Crippen LogP contribution in [0.2, 0.25) is 0 Å². The summed E-state index contributed by atoms with van der Waals surface area (Å²) >= 11 is 1.17. The summed E-state index contributed by atoms with van der Waals surface area (Å²) in [4.78, 5) is 19.8. The molecule has 8 heteroatoms. The number of anilines is 1. The fourth-order valence-electron chi connectivity index (χ4n) is 2.92. The fraction of sp³-hybridized carbons (Fsp3) is 0.158. The molecule has 0 saturated carbocycles. The molecule has 1 amide bonds. The second-order valence-corrected chi connectivity index (χ2v) is 7.16. The lowest BCUT2D eigenvalue weighted by atomic mass is 10.1. The van der Waals surface area contributed by atoms with Gasteiger partial charge in [-0.2, -0.15) is 0 Å². The van der Waals surface area contributed by atoms with E-state index in [4.69, 9.17) is 0 Å². The van der Waals surface area contributed by atoms with E-state index in [1.54, 1.807) is 12.1 Å². The number of hydrogen-bond donors (Lipinski definition) is 2. The highest BCUT2D eigenvalue weighted by molar-refractivity contribution is 7.99. The number of nitrogens with zero attached hydrogens (tertiary/aromatic N) is 3. The van der Waals surface area contributed by atoms with Gasteiger partial charge in [-0.25, -0.2) is 9.37 Å². The lowest BCUT2D eigenvalue weighted by molar-refractivity contribution is -0.113. The van der Waals surface area contributed by atoms with Gasteiger partial charge in [-0.3, -0.25) is 4.79 Å². The molecule has 136 valence electrons. The van der Waals surface area contributed by atoms with Gasteiger partial charge in [0, 0.05) is 11.1 Å². The topological polar surface area (TPSA) is 83.6 Å². The van der Waals surface area contributed by atoms with Crippen molar-refractivity contribution in [3.05, 3.63) is 53.3 Å². The zero-order valence-electron chi connectivity index (χ0n) is 14.7. The van der Waals surface area contributed by atoms with Crippen molar-refractivity contribution in [3.63, 3.8) is 0 Å². The van der Waals surface area contributed by atoms with Crippen molar-refractivity contribution in [1.82, 2.24) is 20.2 Å². The molecule has 0 radical (unpaired) electrons. The molecule has 4 aromatic rings. The molecule has 0 saturated heterocycles. The Balaban J connectivity index is 1.53. The Kier molecular flexibility index (Phi) is 4.49.